The summed E-state index contributed by atoms with van der Waals surface area (Å²) < 4.78 is 23.8. The normalized spacial score (nSPS) is 30.9. The van der Waals surface area contributed by atoms with Crippen molar-refractivity contribution in [1.82, 2.24) is 5.43 Å². The Labute approximate surface area is 81.6 Å². The van der Waals surface area contributed by atoms with Gasteiger partial charge in [-0.15, -0.1) is 0 Å². The first-order valence-electron chi connectivity index (χ1n) is 4.33. The molecule has 0 spiro atoms. The molecule has 0 fully saturated rings. The molecule has 2 aliphatic heterocycles. The summed E-state index contributed by atoms with van der Waals surface area (Å²) in [6.07, 6.45) is 1.66. The Morgan fingerprint density at radius 2 is 2.07 bits per heavy atom. The third-order valence-electron chi connectivity index (χ3n) is 2.68. The number of hydrogen-bond acceptors (Lipinski definition) is 4. The van der Waals surface area contributed by atoms with Gasteiger partial charge in [0.1, 0.15) is 0 Å². The van der Waals surface area contributed by atoms with Crippen molar-refractivity contribution in [3.05, 3.63) is 29.8 Å². The molecule has 0 aliphatic carbocycles. The number of nitrogens with one attached hydrogen (secondary N) is 1. The Bertz CT molecular complexity index is 521. The lowest BCUT2D eigenvalue weighted by Crippen LogP contribution is -2.29. The van der Waals surface area contributed by atoms with Crippen molar-refractivity contribution in [1.29, 1.82) is 0 Å². The fraction of sp³-hybridized carbons (Fsp3) is 0.222. The van der Waals surface area contributed by atoms with Crippen molar-refractivity contribution in [2.24, 2.45) is 5.10 Å². The van der Waals surface area contributed by atoms with Crippen LogP contribution in [0.2, 0.25) is 0 Å². The zero-order valence-corrected chi connectivity index (χ0v) is 8.03. The van der Waals surface area contributed by atoms with Gasteiger partial charge in [0, 0.05) is 6.21 Å². The number of hydrazone groups is 1. The molecule has 1 aromatic rings. The second-order valence-corrected chi connectivity index (χ2v) is 5.47. The number of fused-ring (bicyclic) bond motifs is 3. The van der Waals surface area contributed by atoms with Crippen molar-refractivity contribution in [3.63, 3.8) is 0 Å². The molecule has 72 valence electrons. The van der Waals surface area contributed by atoms with Crippen LogP contribution in [0, 0.1) is 0 Å². The summed E-state index contributed by atoms with van der Waals surface area (Å²) in [5, 5.41) is 3.22. The molecule has 2 heterocycles. The maximum Gasteiger partial charge on any atom is 0.201 e. The lowest BCUT2D eigenvalue weighted by molar-refractivity contribution is 0.571. The first-order valence-corrected chi connectivity index (χ1v) is 5.87. The second kappa shape index (κ2) is 2.36. The average Bonchev–Trinajstić information content (AvgIpc) is 2.72. The van der Waals surface area contributed by atoms with Crippen molar-refractivity contribution < 1.29 is 8.42 Å². The van der Waals surface area contributed by atoms with Crippen LogP contribution in [-0.4, -0.2) is 20.0 Å². The Kier molecular flexibility index (Phi) is 1.35. The van der Waals surface area contributed by atoms with Crippen LogP contribution in [0.5, 0.6) is 0 Å². The van der Waals surface area contributed by atoms with Crippen molar-refractivity contribution in [2.45, 2.75) is 16.2 Å². The molecule has 5 heteroatoms. The third-order valence-corrected chi connectivity index (χ3v) is 4.73. The van der Waals surface area contributed by atoms with Gasteiger partial charge in [0.2, 0.25) is 9.84 Å². The minimum atomic E-state index is -3.22. The summed E-state index contributed by atoms with van der Waals surface area (Å²) in [5.41, 5.74) is 3.49. The van der Waals surface area contributed by atoms with Gasteiger partial charge in [-0.3, -0.25) is 5.43 Å². The molecule has 0 bridgehead atoms. The van der Waals surface area contributed by atoms with Crippen molar-refractivity contribution in [3.8, 4) is 0 Å². The van der Waals surface area contributed by atoms with Crippen molar-refractivity contribution in [2.75, 3.05) is 0 Å². The van der Waals surface area contributed by atoms with Crippen LogP contribution in [0.3, 0.4) is 0 Å². The predicted octanol–water partition coefficient (Wildman–Crippen LogP) is 0.473. The van der Waals surface area contributed by atoms with E-state index in [-0.39, 0.29) is 5.92 Å². The van der Waals surface area contributed by atoms with E-state index in [9.17, 15) is 8.42 Å². The smallest absolute Gasteiger partial charge is 0.201 e. The molecule has 2 aliphatic rings. The van der Waals surface area contributed by atoms with Gasteiger partial charge in [-0.2, -0.15) is 5.10 Å². The van der Waals surface area contributed by atoms with E-state index in [0.29, 0.717) is 4.90 Å². The van der Waals surface area contributed by atoms with E-state index in [1.54, 1.807) is 18.3 Å². The molecule has 2 atom stereocenters. The summed E-state index contributed by atoms with van der Waals surface area (Å²) >= 11 is 0. The van der Waals surface area contributed by atoms with Crippen LogP contribution in [0.15, 0.2) is 34.3 Å². The first kappa shape index (κ1) is 7.99. The SMILES string of the molecule is O=S1(=O)c2ccccc2C2C=NNC21. The molecule has 2 unspecified atom stereocenters. The highest BCUT2D eigenvalue weighted by Crippen LogP contribution is 2.39. The van der Waals surface area contributed by atoms with E-state index in [1.807, 2.05) is 12.1 Å². The number of sulfone groups is 1. The average molecular weight is 208 g/mol. The largest absolute Gasteiger partial charge is 0.291 e. The molecule has 0 radical (unpaired) electrons. The van der Waals surface area contributed by atoms with E-state index < -0.39 is 15.2 Å². The third kappa shape index (κ3) is 0.778. The number of nitrogens with zero attached hydrogens (tertiary/aromatic N) is 1. The highest BCUT2D eigenvalue weighted by molar-refractivity contribution is 7.92. The molecule has 0 saturated carbocycles. The van der Waals surface area contributed by atoms with Gasteiger partial charge in [0.05, 0.1) is 10.8 Å². The summed E-state index contributed by atoms with van der Waals surface area (Å²) in [5.74, 6) is -0.115. The Hall–Kier alpha value is -1.36. The topological polar surface area (TPSA) is 58.5 Å². The zero-order valence-electron chi connectivity index (χ0n) is 7.21. The maximum atomic E-state index is 11.9. The maximum absolute atomic E-state index is 11.9. The lowest BCUT2D eigenvalue weighted by Gasteiger charge is -2.06. The number of hydrogen-bond donors (Lipinski definition) is 1. The molecule has 0 amide bonds. The van der Waals surface area contributed by atoms with Crippen LogP contribution in [0.25, 0.3) is 0 Å². The fourth-order valence-corrected chi connectivity index (χ4v) is 3.89. The van der Waals surface area contributed by atoms with E-state index in [1.165, 1.54) is 0 Å². The van der Waals surface area contributed by atoms with Gasteiger partial charge < -0.3 is 0 Å². The minimum absolute atomic E-state index is 0.115. The first-order chi connectivity index (χ1) is 6.71. The summed E-state index contributed by atoms with van der Waals surface area (Å²) in [6.45, 7) is 0. The zero-order chi connectivity index (χ0) is 9.76. The molecule has 0 aromatic heterocycles. The van der Waals surface area contributed by atoms with E-state index >= 15 is 0 Å². The van der Waals surface area contributed by atoms with Gasteiger partial charge >= 0.3 is 0 Å². The number of rotatable bonds is 0. The van der Waals surface area contributed by atoms with Gasteiger partial charge in [0.25, 0.3) is 0 Å². The summed E-state index contributed by atoms with van der Waals surface area (Å²) in [7, 11) is -3.22. The molecule has 3 rings (SSSR count). The molecular weight excluding hydrogens is 200 g/mol. The Balaban J connectivity index is 2.34. The van der Waals surface area contributed by atoms with Crippen molar-refractivity contribution >= 4 is 16.1 Å². The van der Waals surface area contributed by atoms with Crippen LogP contribution in [-0.2, 0) is 9.84 Å². The summed E-state index contributed by atoms with van der Waals surface area (Å²) in [6, 6.07) is 7.09. The summed E-state index contributed by atoms with van der Waals surface area (Å²) in [4.78, 5) is 0.439. The predicted molar refractivity (Wildman–Crippen MR) is 51.8 cm³/mol. The van der Waals surface area contributed by atoms with Gasteiger partial charge in [-0.25, -0.2) is 8.42 Å². The second-order valence-electron chi connectivity index (χ2n) is 3.44. The Morgan fingerprint density at radius 3 is 2.93 bits per heavy atom. The van der Waals surface area contributed by atoms with E-state index in [0.717, 1.165) is 5.56 Å². The van der Waals surface area contributed by atoms with Gasteiger partial charge in [-0.05, 0) is 11.6 Å². The van der Waals surface area contributed by atoms with Crippen LogP contribution in [0.1, 0.15) is 11.5 Å². The highest BCUT2D eigenvalue weighted by atomic mass is 32.2. The standard InChI is InChI=1S/C9H8N2O2S/c12-14(13)8-4-2-1-3-6(8)7-5-10-11-9(7)14/h1-5,7,9,11H. The van der Waals surface area contributed by atoms with Crippen LogP contribution < -0.4 is 5.43 Å². The quantitative estimate of drug-likeness (QED) is 0.674. The highest BCUT2D eigenvalue weighted by Gasteiger charge is 2.46. The van der Waals surface area contributed by atoms with Gasteiger partial charge in [-0.1, -0.05) is 18.2 Å². The fourth-order valence-electron chi connectivity index (χ4n) is 2.01. The molecule has 1 N–H and O–H groups in total. The Morgan fingerprint density at radius 1 is 1.29 bits per heavy atom. The molecule has 4 nitrogen and oxygen atoms in total. The van der Waals surface area contributed by atoms with Gasteiger partial charge in [0.15, 0.2) is 5.37 Å². The molecule has 1 aromatic carbocycles. The van der Waals surface area contributed by atoms with Crippen LogP contribution >= 0.6 is 0 Å². The van der Waals surface area contributed by atoms with E-state index in [4.69, 9.17) is 0 Å². The molecule has 0 saturated heterocycles. The van der Waals surface area contributed by atoms with E-state index in [2.05, 4.69) is 10.5 Å². The van der Waals surface area contributed by atoms with Crippen LogP contribution in [0.4, 0.5) is 0 Å². The minimum Gasteiger partial charge on any atom is -0.291 e. The monoisotopic (exact) mass is 208 g/mol. The molecular formula is C9H8N2O2S. The molecule has 14 heavy (non-hydrogen) atoms. The lowest BCUT2D eigenvalue weighted by atomic mass is 10.0. The number of benzene rings is 1.